The Kier molecular flexibility index (Phi) is 3.58. The predicted octanol–water partition coefficient (Wildman–Crippen LogP) is 2.68. The van der Waals surface area contributed by atoms with E-state index in [-0.39, 0.29) is 5.91 Å². The van der Waals surface area contributed by atoms with Crippen LogP contribution in [0, 0.1) is 6.92 Å². The fourth-order valence-electron chi connectivity index (χ4n) is 2.27. The summed E-state index contributed by atoms with van der Waals surface area (Å²) in [6, 6.07) is 11.2. The Hall–Kier alpha value is -3.00. The topological polar surface area (TPSA) is 85.3 Å². The third-order valence-corrected chi connectivity index (χ3v) is 4.49. The van der Waals surface area contributed by atoms with Crippen molar-refractivity contribution < 1.29 is 9.21 Å². The molecule has 0 fully saturated rings. The molecule has 0 unspecified atom stereocenters. The van der Waals surface area contributed by atoms with Crippen LogP contribution in [0.1, 0.15) is 21.9 Å². The zero-order chi connectivity index (χ0) is 16.5. The Bertz CT molecular complexity index is 986. The second-order valence-electron chi connectivity index (χ2n) is 5.21. The number of benzene rings is 1. The molecule has 4 aromatic rings. The van der Waals surface area contributed by atoms with Crippen molar-refractivity contribution in [3.63, 3.8) is 0 Å². The molecule has 0 atom stereocenters. The average Bonchev–Trinajstić information content (AvgIpc) is 3.32. The van der Waals surface area contributed by atoms with Crippen molar-refractivity contribution in [3.8, 4) is 10.6 Å². The maximum atomic E-state index is 11.8. The number of nitrogens with zero attached hydrogens (tertiary/aromatic N) is 4. The summed E-state index contributed by atoms with van der Waals surface area (Å²) < 4.78 is 6.79. The van der Waals surface area contributed by atoms with E-state index in [0.29, 0.717) is 12.3 Å². The van der Waals surface area contributed by atoms with Gasteiger partial charge in [0.25, 0.3) is 5.91 Å². The van der Waals surface area contributed by atoms with Gasteiger partial charge in [-0.25, -0.2) is 0 Å². The maximum absolute atomic E-state index is 11.8. The summed E-state index contributed by atoms with van der Waals surface area (Å²) in [5, 5.41) is 16.3. The number of hydrogen-bond donors (Lipinski definition) is 1. The summed E-state index contributed by atoms with van der Waals surface area (Å²) in [4.78, 5) is 12.6. The van der Waals surface area contributed by atoms with Crippen LogP contribution < -0.4 is 5.32 Å². The third kappa shape index (κ3) is 2.67. The Morgan fingerprint density at radius 1 is 1.25 bits per heavy atom. The minimum Gasteiger partial charge on any atom is -0.459 e. The highest BCUT2D eigenvalue weighted by Gasteiger charge is 2.11. The zero-order valence-electron chi connectivity index (χ0n) is 12.8. The number of fused-ring (bicyclic) bond motifs is 1. The molecule has 0 aliphatic rings. The highest BCUT2D eigenvalue weighted by molar-refractivity contribution is 7.19. The Morgan fingerprint density at radius 3 is 2.79 bits per heavy atom. The normalized spacial score (nSPS) is 11.0. The average molecular weight is 339 g/mol. The minimum atomic E-state index is -0.229. The van der Waals surface area contributed by atoms with Crippen LogP contribution in [-0.4, -0.2) is 25.7 Å². The van der Waals surface area contributed by atoms with Gasteiger partial charge in [0.15, 0.2) is 11.6 Å². The molecule has 0 aliphatic heterocycles. The molecule has 120 valence electrons. The number of carbonyl (C=O) groups is 1. The third-order valence-electron chi connectivity index (χ3n) is 3.55. The van der Waals surface area contributed by atoms with Crippen LogP contribution in [-0.2, 0) is 6.54 Å². The van der Waals surface area contributed by atoms with Gasteiger partial charge < -0.3 is 9.73 Å². The highest BCUT2D eigenvalue weighted by Crippen LogP contribution is 2.25. The number of aryl methyl sites for hydroxylation is 1. The number of hydrogen-bond acceptors (Lipinski definition) is 6. The number of amides is 1. The van der Waals surface area contributed by atoms with Crippen LogP contribution >= 0.6 is 11.3 Å². The molecule has 8 heteroatoms. The molecule has 1 N–H and O–H groups in total. The molecule has 0 radical (unpaired) electrons. The van der Waals surface area contributed by atoms with Crippen LogP contribution in [0.4, 0.5) is 0 Å². The summed E-state index contributed by atoms with van der Waals surface area (Å²) in [5.74, 6) is 0.847. The first-order chi connectivity index (χ1) is 11.7. The number of rotatable bonds is 4. The fourth-order valence-corrected chi connectivity index (χ4v) is 3.16. The number of nitrogens with one attached hydrogen (secondary N) is 1. The van der Waals surface area contributed by atoms with Gasteiger partial charge in [0.2, 0.25) is 4.96 Å². The van der Waals surface area contributed by atoms with E-state index in [0.717, 1.165) is 26.9 Å². The molecule has 24 heavy (non-hydrogen) atoms. The van der Waals surface area contributed by atoms with Crippen molar-refractivity contribution in [2.24, 2.45) is 0 Å². The van der Waals surface area contributed by atoms with Crippen molar-refractivity contribution in [2.45, 2.75) is 13.5 Å². The Balaban J connectivity index is 1.47. The number of furan rings is 1. The van der Waals surface area contributed by atoms with E-state index in [1.54, 1.807) is 16.6 Å². The molecule has 1 aromatic carbocycles. The molecule has 1 amide bonds. The van der Waals surface area contributed by atoms with Gasteiger partial charge >= 0.3 is 0 Å². The SMILES string of the molecule is Cc1nnc2sc(-c3ccc(CNC(=O)c4ccco4)cc3)nn12. The first-order valence-electron chi connectivity index (χ1n) is 7.30. The summed E-state index contributed by atoms with van der Waals surface area (Å²) in [7, 11) is 0. The van der Waals surface area contributed by atoms with Gasteiger partial charge in [0.1, 0.15) is 5.01 Å². The van der Waals surface area contributed by atoms with Gasteiger partial charge in [0.05, 0.1) is 6.26 Å². The molecule has 0 bridgehead atoms. The molecular weight excluding hydrogens is 326 g/mol. The summed E-state index contributed by atoms with van der Waals surface area (Å²) >= 11 is 1.49. The molecule has 3 heterocycles. The van der Waals surface area contributed by atoms with Gasteiger partial charge in [0, 0.05) is 12.1 Å². The van der Waals surface area contributed by atoms with Gasteiger partial charge in [-0.2, -0.15) is 9.61 Å². The standard InChI is InChI=1S/C16H13N5O2S/c1-10-18-19-16-21(10)20-15(24-16)12-6-4-11(5-7-12)9-17-14(22)13-3-2-8-23-13/h2-8H,9H2,1H3,(H,17,22). The van der Waals surface area contributed by atoms with E-state index < -0.39 is 0 Å². The van der Waals surface area contributed by atoms with Crippen molar-refractivity contribution in [1.82, 2.24) is 25.1 Å². The monoisotopic (exact) mass is 339 g/mol. The smallest absolute Gasteiger partial charge is 0.287 e. The number of carbonyl (C=O) groups excluding carboxylic acids is 1. The molecule has 7 nitrogen and oxygen atoms in total. The van der Waals surface area contributed by atoms with Crippen molar-refractivity contribution in [3.05, 3.63) is 59.8 Å². The highest BCUT2D eigenvalue weighted by atomic mass is 32.1. The van der Waals surface area contributed by atoms with Crippen LogP contribution in [0.25, 0.3) is 15.5 Å². The van der Waals surface area contributed by atoms with Crippen molar-refractivity contribution in [2.75, 3.05) is 0 Å². The first-order valence-corrected chi connectivity index (χ1v) is 8.12. The zero-order valence-corrected chi connectivity index (χ0v) is 13.6. The van der Waals surface area contributed by atoms with Crippen LogP contribution in [0.2, 0.25) is 0 Å². The van der Waals surface area contributed by atoms with Gasteiger partial charge in [-0.3, -0.25) is 4.79 Å². The van der Waals surface area contributed by atoms with Crippen LogP contribution in [0.3, 0.4) is 0 Å². The molecule has 0 spiro atoms. The summed E-state index contributed by atoms with van der Waals surface area (Å²) in [6.45, 7) is 2.30. The lowest BCUT2D eigenvalue weighted by atomic mass is 10.1. The lowest BCUT2D eigenvalue weighted by Gasteiger charge is -2.04. The molecule has 0 saturated carbocycles. The predicted molar refractivity (Wildman–Crippen MR) is 88.7 cm³/mol. The molecule has 0 saturated heterocycles. The minimum absolute atomic E-state index is 0.229. The van der Waals surface area contributed by atoms with E-state index in [1.807, 2.05) is 31.2 Å². The second-order valence-corrected chi connectivity index (χ2v) is 6.16. The maximum Gasteiger partial charge on any atom is 0.287 e. The fraction of sp³-hybridized carbons (Fsp3) is 0.125. The van der Waals surface area contributed by atoms with Gasteiger partial charge in [-0.15, -0.1) is 10.2 Å². The molecular formula is C16H13N5O2S. The summed E-state index contributed by atoms with van der Waals surface area (Å²) in [5.41, 5.74) is 2.00. The van der Waals surface area contributed by atoms with Gasteiger partial charge in [-0.1, -0.05) is 35.6 Å². The molecule has 3 aromatic heterocycles. The Morgan fingerprint density at radius 2 is 2.08 bits per heavy atom. The summed E-state index contributed by atoms with van der Waals surface area (Å²) in [6.07, 6.45) is 1.48. The van der Waals surface area contributed by atoms with E-state index in [2.05, 4.69) is 20.6 Å². The van der Waals surface area contributed by atoms with E-state index >= 15 is 0 Å². The van der Waals surface area contributed by atoms with Crippen LogP contribution in [0.5, 0.6) is 0 Å². The second kappa shape index (κ2) is 5.89. The van der Waals surface area contributed by atoms with E-state index in [4.69, 9.17) is 4.42 Å². The van der Waals surface area contributed by atoms with Crippen molar-refractivity contribution >= 4 is 22.2 Å². The Labute approximate surface area is 141 Å². The van der Waals surface area contributed by atoms with Crippen molar-refractivity contribution in [1.29, 1.82) is 0 Å². The van der Waals surface area contributed by atoms with Gasteiger partial charge in [-0.05, 0) is 24.6 Å². The number of aromatic nitrogens is 4. The first kappa shape index (κ1) is 14.6. The molecule has 0 aliphatic carbocycles. The largest absolute Gasteiger partial charge is 0.459 e. The quantitative estimate of drug-likeness (QED) is 0.618. The van der Waals surface area contributed by atoms with Crippen LogP contribution in [0.15, 0.2) is 47.1 Å². The van der Waals surface area contributed by atoms with E-state index in [9.17, 15) is 4.79 Å². The molecule has 4 rings (SSSR count). The van der Waals surface area contributed by atoms with E-state index in [1.165, 1.54) is 17.6 Å². The lowest BCUT2D eigenvalue weighted by Crippen LogP contribution is -2.22. The lowest BCUT2D eigenvalue weighted by molar-refractivity contribution is 0.0923.